The van der Waals surface area contributed by atoms with Gasteiger partial charge >= 0.3 is 19.8 Å². The Balaban J connectivity index is 2.48. The molecule has 8 atom stereocenters. The lowest BCUT2D eigenvalue weighted by molar-refractivity contribution is -0.220. The van der Waals surface area contributed by atoms with Crippen molar-refractivity contribution in [1.82, 2.24) is 0 Å². The summed E-state index contributed by atoms with van der Waals surface area (Å²) in [7, 11) is -5.12. The molecule has 1 aliphatic carbocycles. The number of carbonyl (C=O) groups excluding carboxylic acids is 2. The first-order chi connectivity index (χ1) is 27.9. The number of hydrogen-bond donors (Lipinski definition) is 6. The van der Waals surface area contributed by atoms with E-state index in [4.69, 9.17) is 18.5 Å². The smallest absolute Gasteiger partial charge is 0.462 e. The van der Waals surface area contributed by atoms with Crippen molar-refractivity contribution in [1.29, 1.82) is 0 Å². The van der Waals surface area contributed by atoms with Crippen molar-refractivity contribution < 1.29 is 63.1 Å². The van der Waals surface area contributed by atoms with Gasteiger partial charge in [0.1, 0.15) is 43.2 Å². The van der Waals surface area contributed by atoms with Crippen molar-refractivity contribution in [2.75, 3.05) is 13.2 Å². The highest BCUT2D eigenvalue weighted by atomic mass is 31.2. The van der Waals surface area contributed by atoms with Gasteiger partial charge in [-0.25, -0.2) is 4.57 Å². The third kappa shape index (κ3) is 26.8. The normalized spacial score (nSPS) is 23.0. The highest BCUT2D eigenvalue weighted by Crippen LogP contribution is 2.47. The standard InChI is InChI=1S/C44H77O13P/c1-3-5-7-9-11-13-15-16-17-18-19-20-21-22-23-25-26-28-30-32-37(45)54-34-36(56-38(46)33-31-29-27-24-14-12-10-8-6-4-2)35-55-58(52,53)57-44-42(50)40(48)39(47)41(49)43(44)51/h11,13,16-17,19-20,22-23,36,39-44,47-51H,3-10,12,14-15,18,21,24-35H2,1-2H3,(H,52,53)/b13-11+,17-16+,20-19+,23-22+/t36-,39?,40-,41?,42?,43?,44?/m0/s1. The zero-order valence-electron chi connectivity index (χ0n) is 35.3. The summed E-state index contributed by atoms with van der Waals surface area (Å²) in [5.74, 6) is -1.14. The summed E-state index contributed by atoms with van der Waals surface area (Å²) in [4.78, 5) is 35.5. The third-order valence-electron chi connectivity index (χ3n) is 9.92. The molecule has 0 amide bonds. The van der Waals surface area contributed by atoms with Crippen LogP contribution < -0.4 is 0 Å². The van der Waals surface area contributed by atoms with E-state index in [-0.39, 0.29) is 12.8 Å². The van der Waals surface area contributed by atoms with E-state index in [1.165, 1.54) is 51.4 Å². The largest absolute Gasteiger partial charge is 0.472 e. The van der Waals surface area contributed by atoms with E-state index in [2.05, 4.69) is 62.5 Å². The number of esters is 2. The van der Waals surface area contributed by atoms with Crippen LogP contribution >= 0.6 is 7.82 Å². The molecule has 1 aliphatic rings. The SMILES string of the molecule is CCCCC/C=C/C/C=C/C/C=C/C/C=C/CCCCCC(=O)OC[C@@H](COP(=O)(O)OC1C(O)C(O)C(O)[C@H](O)C1O)OC(=O)CCCCCCCCCCCC. The highest BCUT2D eigenvalue weighted by molar-refractivity contribution is 7.47. The molecular weight excluding hydrogens is 767 g/mol. The summed E-state index contributed by atoms with van der Waals surface area (Å²) in [6.45, 7) is 3.20. The van der Waals surface area contributed by atoms with Crippen molar-refractivity contribution in [2.45, 2.75) is 204 Å². The van der Waals surface area contributed by atoms with Crippen molar-refractivity contribution in [3.8, 4) is 0 Å². The molecule has 0 radical (unpaired) electrons. The molecule has 0 aromatic carbocycles. The quantitative estimate of drug-likeness (QED) is 0.0155. The molecule has 336 valence electrons. The van der Waals surface area contributed by atoms with Gasteiger partial charge < -0.3 is 39.9 Å². The third-order valence-corrected chi connectivity index (χ3v) is 10.9. The topological polar surface area (TPSA) is 210 Å². The monoisotopic (exact) mass is 845 g/mol. The second kappa shape index (κ2) is 34.5. The Morgan fingerprint density at radius 1 is 0.534 bits per heavy atom. The molecule has 1 saturated carbocycles. The molecule has 13 nitrogen and oxygen atoms in total. The lowest BCUT2D eigenvalue weighted by Gasteiger charge is -2.41. The van der Waals surface area contributed by atoms with Crippen molar-refractivity contribution in [2.24, 2.45) is 0 Å². The lowest BCUT2D eigenvalue weighted by Crippen LogP contribution is -2.64. The average molecular weight is 845 g/mol. The summed E-state index contributed by atoms with van der Waals surface area (Å²) in [6, 6.07) is 0. The Hall–Kier alpha value is -2.19. The number of rotatable bonds is 35. The second-order valence-electron chi connectivity index (χ2n) is 15.2. The maximum Gasteiger partial charge on any atom is 0.472 e. The van der Waals surface area contributed by atoms with Crippen LogP contribution in [0.4, 0.5) is 0 Å². The Morgan fingerprint density at radius 2 is 0.931 bits per heavy atom. The number of phosphoric acid groups is 1. The first-order valence-corrected chi connectivity index (χ1v) is 23.4. The highest BCUT2D eigenvalue weighted by Gasteiger charge is 2.51. The summed E-state index contributed by atoms with van der Waals surface area (Å²) >= 11 is 0. The fourth-order valence-electron chi connectivity index (χ4n) is 6.33. The summed E-state index contributed by atoms with van der Waals surface area (Å²) < 4.78 is 33.4. The van der Waals surface area contributed by atoms with Crippen molar-refractivity contribution in [3.63, 3.8) is 0 Å². The number of ether oxygens (including phenoxy) is 2. The predicted molar refractivity (Wildman–Crippen MR) is 226 cm³/mol. The molecule has 14 heteroatoms. The number of phosphoric ester groups is 1. The van der Waals surface area contributed by atoms with Crippen LogP contribution in [0.3, 0.4) is 0 Å². The summed E-state index contributed by atoms with van der Waals surface area (Å²) in [6.07, 6.45) is 26.1. The minimum absolute atomic E-state index is 0.0895. The van der Waals surface area contributed by atoms with Gasteiger partial charge in [0, 0.05) is 12.8 Å². The van der Waals surface area contributed by atoms with Gasteiger partial charge in [0.25, 0.3) is 0 Å². The molecule has 6 N–H and O–H groups in total. The zero-order chi connectivity index (χ0) is 42.9. The van der Waals surface area contributed by atoms with Crippen LogP contribution in [0.2, 0.25) is 0 Å². The van der Waals surface area contributed by atoms with Gasteiger partial charge in [0.2, 0.25) is 0 Å². The summed E-state index contributed by atoms with van der Waals surface area (Å²) in [5, 5.41) is 50.0. The number of aliphatic hydroxyl groups excluding tert-OH is 5. The fourth-order valence-corrected chi connectivity index (χ4v) is 7.30. The Labute approximate surface area is 348 Å². The van der Waals surface area contributed by atoms with Gasteiger partial charge in [0.05, 0.1) is 6.61 Å². The lowest BCUT2D eigenvalue weighted by atomic mass is 9.85. The molecule has 0 aliphatic heterocycles. The Kier molecular flexibility index (Phi) is 32.0. The van der Waals surface area contributed by atoms with Crippen molar-refractivity contribution >= 4 is 19.8 Å². The van der Waals surface area contributed by atoms with E-state index in [9.17, 15) is 44.6 Å². The van der Waals surface area contributed by atoms with E-state index in [0.717, 1.165) is 70.6 Å². The van der Waals surface area contributed by atoms with Crippen LogP contribution in [0, 0.1) is 0 Å². The van der Waals surface area contributed by atoms with Crippen LogP contribution in [0.1, 0.15) is 162 Å². The minimum atomic E-state index is -5.12. The van der Waals surface area contributed by atoms with Crippen LogP contribution in [-0.4, -0.2) is 98.3 Å². The van der Waals surface area contributed by atoms with Gasteiger partial charge in [-0.05, 0) is 57.8 Å². The maximum atomic E-state index is 12.8. The maximum absolute atomic E-state index is 12.8. The van der Waals surface area contributed by atoms with E-state index < -0.39 is 75.7 Å². The molecule has 6 unspecified atom stereocenters. The first-order valence-electron chi connectivity index (χ1n) is 21.9. The molecule has 1 fully saturated rings. The first kappa shape index (κ1) is 53.8. The van der Waals surface area contributed by atoms with E-state index in [1.807, 2.05) is 0 Å². The predicted octanol–water partition coefficient (Wildman–Crippen LogP) is 8.00. The van der Waals surface area contributed by atoms with E-state index in [0.29, 0.717) is 12.8 Å². The average Bonchev–Trinajstić information content (AvgIpc) is 3.20. The molecule has 1 rings (SSSR count). The molecule has 58 heavy (non-hydrogen) atoms. The van der Waals surface area contributed by atoms with Crippen LogP contribution in [-0.2, 0) is 32.7 Å². The molecule has 0 bridgehead atoms. The Bertz CT molecular complexity index is 1210. The van der Waals surface area contributed by atoms with Crippen LogP contribution in [0.25, 0.3) is 0 Å². The van der Waals surface area contributed by atoms with Crippen molar-refractivity contribution in [3.05, 3.63) is 48.6 Å². The second-order valence-corrected chi connectivity index (χ2v) is 16.6. The number of unbranched alkanes of at least 4 members (excludes halogenated alkanes) is 15. The minimum Gasteiger partial charge on any atom is -0.462 e. The number of hydrogen-bond acceptors (Lipinski definition) is 12. The fraction of sp³-hybridized carbons (Fsp3) is 0.773. The van der Waals surface area contributed by atoms with Gasteiger partial charge in [-0.15, -0.1) is 0 Å². The van der Waals surface area contributed by atoms with Gasteiger partial charge in [0.15, 0.2) is 6.10 Å². The number of aliphatic hydroxyl groups is 5. The summed E-state index contributed by atoms with van der Waals surface area (Å²) in [5.41, 5.74) is 0. The zero-order valence-corrected chi connectivity index (χ0v) is 36.2. The molecule has 0 saturated heterocycles. The Morgan fingerprint density at radius 3 is 1.45 bits per heavy atom. The molecule has 0 heterocycles. The van der Waals surface area contributed by atoms with E-state index in [1.54, 1.807) is 0 Å². The number of allylic oxidation sites excluding steroid dienone is 8. The van der Waals surface area contributed by atoms with Gasteiger partial charge in [-0.2, -0.15) is 0 Å². The number of carbonyl (C=O) groups is 2. The molecule has 0 aromatic rings. The molecule has 0 spiro atoms. The van der Waals surface area contributed by atoms with E-state index >= 15 is 0 Å². The van der Waals surface area contributed by atoms with Crippen LogP contribution in [0.5, 0.6) is 0 Å². The van der Waals surface area contributed by atoms with Gasteiger partial charge in [-0.1, -0.05) is 140 Å². The van der Waals surface area contributed by atoms with Crippen LogP contribution in [0.15, 0.2) is 48.6 Å². The molecular formula is C44H77O13P. The molecule has 0 aromatic heterocycles. The van der Waals surface area contributed by atoms with Gasteiger partial charge in [-0.3, -0.25) is 18.6 Å².